The van der Waals surface area contributed by atoms with Crippen LogP contribution in [0.1, 0.15) is 21.5 Å². The minimum absolute atomic E-state index is 0.309. The molecule has 0 radical (unpaired) electrons. The number of rotatable bonds is 5. The zero-order valence-corrected chi connectivity index (χ0v) is 16.4. The molecule has 1 amide bonds. The van der Waals surface area contributed by atoms with Crippen molar-refractivity contribution >= 4 is 28.4 Å². The Balaban J connectivity index is 1.60. The Morgan fingerprint density at radius 2 is 2.00 bits per heavy atom. The number of hydrogen-bond donors (Lipinski definition) is 2. The van der Waals surface area contributed by atoms with Crippen molar-refractivity contribution in [1.29, 1.82) is 0 Å². The van der Waals surface area contributed by atoms with Crippen LogP contribution >= 0.6 is 0 Å². The smallest absolute Gasteiger partial charge is 0.251 e. The fourth-order valence-electron chi connectivity index (χ4n) is 3.76. The second-order valence-corrected chi connectivity index (χ2v) is 7.29. The predicted molar refractivity (Wildman–Crippen MR) is 114 cm³/mol. The van der Waals surface area contributed by atoms with Gasteiger partial charge in [-0.3, -0.25) is 4.79 Å². The van der Waals surface area contributed by atoms with Crippen LogP contribution in [-0.4, -0.2) is 34.6 Å². The summed E-state index contributed by atoms with van der Waals surface area (Å²) in [5.41, 5.74) is 8.44. The van der Waals surface area contributed by atoms with Crippen LogP contribution in [0.3, 0.4) is 0 Å². The summed E-state index contributed by atoms with van der Waals surface area (Å²) >= 11 is 0. The molecule has 0 saturated carbocycles. The van der Waals surface area contributed by atoms with Gasteiger partial charge in [0.25, 0.3) is 5.91 Å². The summed E-state index contributed by atoms with van der Waals surface area (Å²) in [5.74, 6) is 1.92. The number of amides is 1. The third kappa shape index (κ3) is 3.02. The third-order valence-electron chi connectivity index (χ3n) is 5.32. The maximum Gasteiger partial charge on any atom is 0.251 e. The molecule has 3 N–H and O–H groups in total. The van der Waals surface area contributed by atoms with Crippen LogP contribution in [-0.2, 0) is 13.0 Å². The number of aromatic nitrogens is 3. The van der Waals surface area contributed by atoms with Gasteiger partial charge in [0.15, 0.2) is 0 Å². The van der Waals surface area contributed by atoms with Gasteiger partial charge >= 0.3 is 0 Å². The van der Waals surface area contributed by atoms with Gasteiger partial charge in [-0.15, -0.1) is 0 Å². The van der Waals surface area contributed by atoms with Crippen LogP contribution in [0.15, 0.2) is 53.1 Å². The molecular formula is C22H20N6O2. The number of benzene rings is 2. The second-order valence-electron chi connectivity index (χ2n) is 7.29. The number of carbonyl (C=O) groups excluding carboxylic acids is 1. The molecule has 0 aliphatic carbocycles. The number of hydrogen-bond acceptors (Lipinski definition) is 7. The van der Waals surface area contributed by atoms with Gasteiger partial charge in [0, 0.05) is 25.7 Å². The predicted octanol–water partition coefficient (Wildman–Crippen LogP) is 2.99. The van der Waals surface area contributed by atoms with Gasteiger partial charge in [-0.1, -0.05) is 41.6 Å². The van der Waals surface area contributed by atoms with Crippen LogP contribution in [0.25, 0.3) is 22.5 Å². The third-order valence-corrected chi connectivity index (χ3v) is 5.32. The number of likely N-dealkylation sites (N-methyl/N-ethyl adjacent to an activating group) is 1. The molecule has 1 aliphatic heterocycles. The maximum atomic E-state index is 11.7. The Morgan fingerprint density at radius 3 is 2.80 bits per heavy atom. The van der Waals surface area contributed by atoms with E-state index in [0.29, 0.717) is 34.6 Å². The molecule has 0 atom stereocenters. The molecule has 30 heavy (non-hydrogen) atoms. The zero-order chi connectivity index (χ0) is 20.7. The molecule has 0 saturated heterocycles. The molecule has 1 aliphatic rings. The lowest BCUT2D eigenvalue weighted by Crippen LogP contribution is -2.14. The van der Waals surface area contributed by atoms with E-state index in [1.165, 1.54) is 0 Å². The van der Waals surface area contributed by atoms with E-state index in [1.54, 1.807) is 12.1 Å². The summed E-state index contributed by atoms with van der Waals surface area (Å²) in [4.78, 5) is 23.3. The molecule has 5 rings (SSSR count). The van der Waals surface area contributed by atoms with Gasteiger partial charge in [0.1, 0.15) is 17.2 Å². The van der Waals surface area contributed by atoms with Crippen LogP contribution in [0.2, 0.25) is 0 Å². The van der Waals surface area contributed by atoms with Crippen LogP contribution in [0.5, 0.6) is 0 Å². The first-order valence-electron chi connectivity index (χ1n) is 9.70. The van der Waals surface area contributed by atoms with E-state index in [0.717, 1.165) is 35.7 Å². The van der Waals surface area contributed by atoms with Crippen molar-refractivity contribution in [3.63, 3.8) is 0 Å². The Bertz CT molecular complexity index is 1250. The highest BCUT2D eigenvalue weighted by Crippen LogP contribution is 2.35. The van der Waals surface area contributed by atoms with Gasteiger partial charge in [0.05, 0.1) is 10.9 Å². The minimum Gasteiger partial charge on any atom is -0.366 e. The van der Waals surface area contributed by atoms with E-state index in [-0.39, 0.29) is 0 Å². The first-order chi connectivity index (χ1) is 14.6. The van der Waals surface area contributed by atoms with Crippen molar-refractivity contribution in [3.05, 3.63) is 65.2 Å². The first kappa shape index (κ1) is 18.1. The van der Waals surface area contributed by atoms with Crippen LogP contribution in [0, 0.1) is 0 Å². The lowest BCUT2D eigenvalue weighted by molar-refractivity contribution is 0.100. The zero-order valence-electron chi connectivity index (χ0n) is 16.4. The molecule has 150 valence electrons. The molecule has 2 aromatic carbocycles. The lowest BCUT2D eigenvalue weighted by Gasteiger charge is -2.14. The summed E-state index contributed by atoms with van der Waals surface area (Å²) in [7, 11) is 2.01. The Morgan fingerprint density at radius 1 is 1.17 bits per heavy atom. The highest BCUT2D eigenvalue weighted by molar-refractivity contribution is 6.07. The summed E-state index contributed by atoms with van der Waals surface area (Å²) in [6.45, 7) is 1.52. The maximum absolute atomic E-state index is 11.7. The number of carbonyl (C=O) groups is 1. The number of nitrogens with two attached hydrogens (primary N) is 1. The average molecular weight is 400 g/mol. The van der Waals surface area contributed by atoms with Crippen molar-refractivity contribution in [2.45, 2.75) is 13.0 Å². The number of nitrogens with zero attached hydrogens (tertiary/aromatic N) is 4. The molecule has 4 aromatic rings. The van der Waals surface area contributed by atoms with Gasteiger partial charge < -0.3 is 20.5 Å². The first-order valence-corrected chi connectivity index (χ1v) is 9.70. The fraction of sp³-hybridized carbons (Fsp3) is 0.182. The van der Waals surface area contributed by atoms with Crippen molar-refractivity contribution in [2.24, 2.45) is 5.73 Å². The van der Waals surface area contributed by atoms with Crippen molar-refractivity contribution < 1.29 is 9.32 Å². The highest BCUT2D eigenvalue weighted by Gasteiger charge is 2.26. The average Bonchev–Trinajstić information content (AvgIpc) is 3.36. The van der Waals surface area contributed by atoms with Gasteiger partial charge in [0.2, 0.25) is 11.6 Å². The summed E-state index contributed by atoms with van der Waals surface area (Å²) in [5, 5.41) is 8.16. The van der Waals surface area contributed by atoms with Crippen molar-refractivity contribution in [2.75, 3.05) is 23.8 Å². The monoisotopic (exact) mass is 400 g/mol. The van der Waals surface area contributed by atoms with Crippen molar-refractivity contribution in [3.8, 4) is 11.6 Å². The Kier molecular flexibility index (Phi) is 4.31. The Hall–Kier alpha value is -3.94. The van der Waals surface area contributed by atoms with Crippen LogP contribution in [0.4, 0.5) is 11.6 Å². The van der Waals surface area contributed by atoms with E-state index in [2.05, 4.69) is 27.5 Å². The minimum atomic E-state index is -0.555. The van der Waals surface area contributed by atoms with E-state index >= 15 is 0 Å². The van der Waals surface area contributed by atoms with E-state index in [9.17, 15) is 4.79 Å². The molecule has 0 unspecified atom stereocenters. The summed E-state index contributed by atoms with van der Waals surface area (Å²) in [6.07, 6.45) is 0.867. The largest absolute Gasteiger partial charge is 0.366 e. The van der Waals surface area contributed by atoms with E-state index in [1.807, 2.05) is 31.3 Å². The van der Waals surface area contributed by atoms with E-state index in [4.69, 9.17) is 20.2 Å². The molecule has 2 aromatic heterocycles. The number of primary amides is 1. The summed E-state index contributed by atoms with van der Waals surface area (Å²) < 4.78 is 5.58. The van der Waals surface area contributed by atoms with Gasteiger partial charge in [-0.25, -0.2) is 9.97 Å². The molecule has 8 heteroatoms. The van der Waals surface area contributed by atoms with Gasteiger partial charge in [-0.2, -0.15) is 0 Å². The fourth-order valence-corrected chi connectivity index (χ4v) is 3.76. The topological polar surface area (TPSA) is 110 Å². The highest BCUT2D eigenvalue weighted by atomic mass is 16.5. The molecule has 0 spiro atoms. The molecular weight excluding hydrogens is 380 g/mol. The normalized spacial score (nSPS) is 12.9. The van der Waals surface area contributed by atoms with Crippen molar-refractivity contribution in [1.82, 2.24) is 15.1 Å². The molecule has 0 bridgehead atoms. The molecule has 0 fully saturated rings. The quantitative estimate of drug-likeness (QED) is 0.530. The SMILES string of the molecule is CN1CCc2c(NCc3ccccc3)nc(-c3onc4c(C(N)=O)cccc34)nc21. The summed E-state index contributed by atoms with van der Waals surface area (Å²) in [6, 6.07) is 15.3. The second kappa shape index (κ2) is 7.14. The number of anilines is 2. The molecule has 3 heterocycles. The number of nitrogens with one attached hydrogen (secondary N) is 1. The standard InChI is InChI=1S/C22H20N6O2/c1-28-11-10-16-20(24-12-13-6-3-2-4-7-13)25-21(26-22(16)28)18-14-8-5-9-15(19(23)29)17(14)27-30-18/h2-9H,10-12H2,1H3,(H2,23,29)(H,24,25,26). The van der Waals surface area contributed by atoms with Gasteiger partial charge in [-0.05, 0) is 24.1 Å². The number of fused-ring (bicyclic) bond motifs is 2. The van der Waals surface area contributed by atoms with Crippen LogP contribution < -0.4 is 16.0 Å². The van der Waals surface area contributed by atoms with E-state index < -0.39 is 5.91 Å². The molecule has 8 nitrogen and oxygen atoms in total. The Labute approximate surface area is 172 Å². The lowest BCUT2D eigenvalue weighted by atomic mass is 10.1.